The summed E-state index contributed by atoms with van der Waals surface area (Å²) in [7, 11) is 0. The predicted octanol–water partition coefficient (Wildman–Crippen LogP) is 4.37. The Hall–Kier alpha value is -2.95. The van der Waals surface area contributed by atoms with Crippen LogP contribution in [0.2, 0.25) is 0 Å². The van der Waals surface area contributed by atoms with Crippen molar-refractivity contribution in [1.29, 1.82) is 0 Å². The predicted molar refractivity (Wildman–Crippen MR) is 98.5 cm³/mol. The largest absolute Gasteiger partial charge is 0.422 e. The summed E-state index contributed by atoms with van der Waals surface area (Å²) < 4.78 is 18.4. The van der Waals surface area contributed by atoms with Crippen LogP contribution < -0.4 is 5.63 Å². The van der Waals surface area contributed by atoms with Crippen LogP contribution >= 0.6 is 0 Å². The van der Waals surface area contributed by atoms with Gasteiger partial charge in [0.1, 0.15) is 17.0 Å². The van der Waals surface area contributed by atoms with Crippen LogP contribution in [0.15, 0.2) is 63.8 Å². The number of carbonyl (C=O) groups excluding carboxylic acids is 1. The number of carbonyl (C=O) groups is 1. The van der Waals surface area contributed by atoms with E-state index >= 15 is 0 Å². The fourth-order valence-corrected chi connectivity index (χ4v) is 2.80. The van der Waals surface area contributed by atoms with Gasteiger partial charge in [0.2, 0.25) is 0 Å². The van der Waals surface area contributed by atoms with Crippen LogP contribution in [0, 0.1) is 5.82 Å². The van der Waals surface area contributed by atoms with E-state index in [0.29, 0.717) is 17.5 Å². The number of amides is 1. The van der Waals surface area contributed by atoms with Crippen LogP contribution in [-0.2, 0) is 6.54 Å². The van der Waals surface area contributed by atoms with Crippen LogP contribution in [0.4, 0.5) is 4.39 Å². The van der Waals surface area contributed by atoms with E-state index < -0.39 is 5.63 Å². The van der Waals surface area contributed by atoms with E-state index in [-0.39, 0.29) is 23.3 Å². The number of benzene rings is 2. The SMILES string of the molecule is CC[C@@H](C)N(Cc1ccc(F)cc1)C(=O)c1cc2ccccc2oc1=O. The molecule has 0 aliphatic rings. The molecule has 1 heterocycles. The molecule has 0 saturated heterocycles. The summed E-state index contributed by atoms with van der Waals surface area (Å²) in [5, 5.41) is 0.696. The van der Waals surface area contributed by atoms with Crippen molar-refractivity contribution < 1.29 is 13.6 Å². The van der Waals surface area contributed by atoms with Crippen LogP contribution in [0.25, 0.3) is 11.0 Å². The van der Waals surface area contributed by atoms with Gasteiger partial charge in [-0.2, -0.15) is 0 Å². The molecule has 0 bridgehead atoms. The Morgan fingerprint density at radius 3 is 2.54 bits per heavy atom. The summed E-state index contributed by atoms with van der Waals surface area (Å²) in [6.45, 7) is 4.18. The molecule has 0 fully saturated rings. The number of hydrogen-bond donors (Lipinski definition) is 0. The van der Waals surface area contributed by atoms with Crippen molar-refractivity contribution in [3.8, 4) is 0 Å². The van der Waals surface area contributed by atoms with Gasteiger partial charge in [-0.1, -0.05) is 37.3 Å². The second-order valence-electron chi connectivity index (χ2n) is 6.30. The zero-order valence-electron chi connectivity index (χ0n) is 14.7. The molecular weight excluding hydrogens is 333 g/mol. The monoisotopic (exact) mass is 353 g/mol. The van der Waals surface area contributed by atoms with Crippen molar-refractivity contribution in [2.75, 3.05) is 0 Å². The first-order valence-corrected chi connectivity index (χ1v) is 8.58. The number of fused-ring (bicyclic) bond motifs is 1. The van der Waals surface area contributed by atoms with Gasteiger partial charge in [0.05, 0.1) is 0 Å². The number of para-hydroxylation sites is 1. The molecule has 0 N–H and O–H groups in total. The van der Waals surface area contributed by atoms with E-state index in [1.165, 1.54) is 12.1 Å². The molecule has 26 heavy (non-hydrogen) atoms. The molecule has 3 aromatic rings. The van der Waals surface area contributed by atoms with E-state index in [1.54, 1.807) is 41.3 Å². The second-order valence-corrected chi connectivity index (χ2v) is 6.30. The van der Waals surface area contributed by atoms with E-state index in [2.05, 4.69) is 0 Å². The maximum absolute atomic E-state index is 13.1. The van der Waals surface area contributed by atoms with Gasteiger partial charge in [0.25, 0.3) is 5.91 Å². The molecule has 4 nitrogen and oxygen atoms in total. The number of hydrogen-bond acceptors (Lipinski definition) is 3. The lowest BCUT2D eigenvalue weighted by Gasteiger charge is -2.28. The average Bonchev–Trinajstić information content (AvgIpc) is 2.66. The molecule has 0 unspecified atom stereocenters. The standard InChI is InChI=1S/C21H20FNO3/c1-3-14(2)23(13-15-8-10-17(22)11-9-15)20(24)18-12-16-6-4-5-7-19(16)26-21(18)25/h4-12,14H,3,13H2,1-2H3/t14-/m1/s1. The Labute approximate surface area is 150 Å². The van der Waals surface area contributed by atoms with E-state index in [0.717, 1.165) is 12.0 Å². The van der Waals surface area contributed by atoms with E-state index in [9.17, 15) is 14.0 Å². The molecule has 1 atom stereocenters. The van der Waals surface area contributed by atoms with Crippen LogP contribution in [0.5, 0.6) is 0 Å². The molecule has 5 heteroatoms. The summed E-state index contributed by atoms with van der Waals surface area (Å²) in [4.78, 5) is 27.0. The third-order valence-corrected chi connectivity index (χ3v) is 4.52. The maximum Gasteiger partial charge on any atom is 0.349 e. The first kappa shape index (κ1) is 17.9. The summed E-state index contributed by atoms with van der Waals surface area (Å²) in [6, 6.07) is 14.6. The van der Waals surface area contributed by atoms with Crippen molar-refractivity contribution in [3.63, 3.8) is 0 Å². The molecule has 0 radical (unpaired) electrons. The zero-order valence-corrected chi connectivity index (χ0v) is 14.7. The fourth-order valence-electron chi connectivity index (χ4n) is 2.80. The topological polar surface area (TPSA) is 50.5 Å². The molecule has 1 amide bonds. The fraction of sp³-hybridized carbons (Fsp3) is 0.238. The van der Waals surface area contributed by atoms with Gasteiger partial charge >= 0.3 is 5.63 Å². The summed E-state index contributed by atoms with van der Waals surface area (Å²) in [5.41, 5.74) is 0.597. The molecule has 134 valence electrons. The normalized spacial score (nSPS) is 12.1. The Bertz CT molecular complexity index is 978. The highest BCUT2D eigenvalue weighted by Crippen LogP contribution is 2.18. The van der Waals surface area contributed by atoms with Crippen molar-refractivity contribution in [2.24, 2.45) is 0 Å². The Balaban J connectivity index is 1.98. The third-order valence-electron chi connectivity index (χ3n) is 4.52. The van der Waals surface area contributed by atoms with Crippen molar-refractivity contribution in [3.05, 3.63) is 82.0 Å². The number of halogens is 1. The van der Waals surface area contributed by atoms with Gasteiger partial charge < -0.3 is 9.32 Å². The summed E-state index contributed by atoms with van der Waals surface area (Å²) in [6.07, 6.45) is 0.728. The van der Waals surface area contributed by atoms with Crippen LogP contribution in [0.1, 0.15) is 36.2 Å². The Morgan fingerprint density at radius 1 is 1.15 bits per heavy atom. The smallest absolute Gasteiger partial charge is 0.349 e. The van der Waals surface area contributed by atoms with Crippen molar-refractivity contribution in [1.82, 2.24) is 4.90 Å². The lowest BCUT2D eigenvalue weighted by atomic mass is 10.1. The quantitative estimate of drug-likeness (QED) is 0.640. The average molecular weight is 353 g/mol. The first-order chi connectivity index (χ1) is 12.5. The van der Waals surface area contributed by atoms with Crippen LogP contribution in [0.3, 0.4) is 0 Å². The first-order valence-electron chi connectivity index (χ1n) is 8.58. The molecular formula is C21H20FNO3. The molecule has 2 aromatic carbocycles. The molecule has 3 rings (SSSR count). The molecule has 0 aliphatic carbocycles. The molecule has 0 spiro atoms. The van der Waals surface area contributed by atoms with Gasteiger partial charge in [-0.25, -0.2) is 9.18 Å². The Morgan fingerprint density at radius 2 is 1.85 bits per heavy atom. The molecule has 0 aliphatic heterocycles. The van der Waals surface area contributed by atoms with E-state index in [4.69, 9.17) is 4.42 Å². The van der Waals surface area contributed by atoms with Gasteiger partial charge in [0.15, 0.2) is 0 Å². The molecule has 0 saturated carbocycles. The zero-order chi connectivity index (χ0) is 18.7. The van der Waals surface area contributed by atoms with E-state index in [1.807, 2.05) is 19.9 Å². The van der Waals surface area contributed by atoms with Gasteiger partial charge in [0, 0.05) is 18.0 Å². The third kappa shape index (κ3) is 3.67. The van der Waals surface area contributed by atoms with Gasteiger partial charge in [-0.05, 0) is 43.2 Å². The maximum atomic E-state index is 13.1. The van der Waals surface area contributed by atoms with Crippen molar-refractivity contribution in [2.45, 2.75) is 32.9 Å². The lowest BCUT2D eigenvalue weighted by molar-refractivity contribution is 0.0667. The number of rotatable bonds is 5. The Kier molecular flexibility index (Phi) is 5.16. The highest BCUT2D eigenvalue weighted by Gasteiger charge is 2.24. The van der Waals surface area contributed by atoms with Crippen LogP contribution in [-0.4, -0.2) is 16.8 Å². The van der Waals surface area contributed by atoms with Gasteiger partial charge in [-0.3, -0.25) is 4.79 Å². The highest BCUT2D eigenvalue weighted by atomic mass is 19.1. The summed E-state index contributed by atoms with van der Waals surface area (Å²) in [5.74, 6) is -0.714. The minimum atomic E-state index is -0.652. The minimum absolute atomic E-state index is 0.00566. The highest BCUT2D eigenvalue weighted by molar-refractivity contribution is 5.96. The summed E-state index contributed by atoms with van der Waals surface area (Å²) >= 11 is 0. The minimum Gasteiger partial charge on any atom is -0.422 e. The lowest BCUT2D eigenvalue weighted by Crippen LogP contribution is -2.39. The molecule has 1 aromatic heterocycles. The van der Waals surface area contributed by atoms with Crippen molar-refractivity contribution >= 4 is 16.9 Å². The van der Waals surface area contributed by atoms with Gasteiger partial charge in [-0.15, -0.1) is 0 Å². The second kappa shape index (κ2) is 7.52. The number of nitrogens with zero attached hydrogens (tertiary/aromatic N) is 1.